The molecule has 0 bridgehead atoms. The quantitative estimate of drug-likeness (QED) is 0.381. The van der Waals surface area contributed by atoms with Crippen LogP contribution in [0.4, 0.5) is 5.69 Å². The SMILES string of the molecule is CC(=O)O/N=C(\C)c1cn(C)c2ccc(N)cc12. The van der Waals surface area contributed by atoms with Crippen LogP contribution in [-0.2, 0) is 16.7 Å². The molecule has 94 valence electrons. The minimum Gasteiger partial charge on any atom is -0.399 e. The Morgan fingerprint density at radius 3 is 2.78 bits per heavy atom. The number of hydrogen-bond acceptors (Lipinski definition) is 4. The summed E-state index contributed by atoms with van der Waals surface area (Å²) in [5.74, 6) is -0.436. The van der Waals surface area contributed by atoms with E-state index in [4.69, 9.17) is 5.73 Å². The highest BCUT2D eigenvalue weighted by molar-refractivity contribution is 6.10. The van der Waals surface area contributed by atoms with Crippen LogP contribution in [0.15, 0.2) is 29.6 Å². The van der Waals surface area contributed by atoms with E-state index in [9.17, 15) is 4.79 Å². The van der Waals surface area contributed by atoms with Crippen molar-refractivity contribution < 1.29 is 9.63 Å². The number of anilines is 1. The van der Waals surface area contributed by atoms with E-state index in [0.717, 1.165) is 16.5 Å². The normalized spacial score (nSPS) is 11.8. The number of rotatable bonds is 2. The van der Waals surface area contributed by atoms with E-state index in [1.165, 1.54) is 6.92 Å². The summed E-state index contributed by atoms with van der Waals surface area (Å²) < 4.78 is 1.98. The zero-order chi connectivity index (χ0) is 13.3. The number of aryl methyl sites for hydroxylation is 1. The van der Waals surface area contributed by atoms with Gasteiger partial charge in [0.25, 0.3) is 0 Å². The van der Waals surface area contributed by atoms with Gasteiger partial charge in [-0.15, -0.1) is 0 Å². The van der Waals surface area contributed by atoms with Crippen LogP contribution < -0.4 is 5.73 Å². The molecule has 0 aliphatic rings. The highest BCUT2D eigenvalue weighted by Crippen LogP contribution is 2.23. The zero-order valence-corrected chi connectivity index (χ0v) is 10.6. The minimum absolute atomic E-state index is 0.436. The Balaban J connectivity index is 2.54. The van der Waals surface area contributed by atoms with E-state index in [2.05, 4.69) is 9.99 Å². The van der Waals surface area contributed by atoms with Gasteiger partial charge in [0, 0.05) is 42.3 Å². The Morgan fingerprint density at radius 2 is 2.11 bits per heavy atom. The lowest BCUT2D eigenvalue weighted by Gasteiger charge is -1.99. The predicted octanol–water partition coefficient (Wildman–Crippen LogP) is 2.05. The lowest BCUT2D eigenvalue weighted by Crippen LogP contribution is -1.99. The Morgan fingerprint density at radius 1 is 1.39 bits per heavy atom. The van der Waals surface area contributed by atoms with Crippen LogP contribution >= 0.6 is 0 Å². The van der Waals surface area contributed by atoms with E-state index < -0.39 is 5.97 Å². The average molecular weight is 245 g/mol. The van der Waals surface area contributed by atoms with Gasteiger partial charge < -0.3 is 15.1 Å². The van der Waals surface area contributed by atoms with Gasteiger partial charge in [0.1, 0.15) is 0 Å². The molecule has 5 heteroatoms. The lowest BCUT2D eigenvalue weighted by molar-refractivity contribution is -0.140. The van der Waals surface area contributed by atoms with Gasteiger partial charge in [-0.3, -0.25) is 0 Å². The van der Waals surface area contributed by atoms with Crippen LogP contribution in [-0.4, -0.2) is 16.2 Å². The molecule has 1 aromatic heterocycles. The number of benzene rings is 1. The number of fused-ring (bicyclic) bond motifs is 1. The van der Waals surface area contributed by atoms with Gasteiger partial charge in [0.2, 0.25) is 0 Å². The van der Waals surface area contributed by atoms with Gasteiger partial charge >= 0.3 is 5.97 Å². The summed E-state index contributed by atoms with van der Waals surface area (Å²) in [5, 5.41) is 4.79. The summed E-state index contributed by atoms with van der Waals surface area (Å²) in [6.07, 6.45) is 1.94. The maximum atomic E-state index is 10.7. The van der Waals surface area contributed by atoms with Crippen molar-refractivity contribution >= 4 is 28.3 Å². The van der Waals surface area contributed by atoms with E-state index in [1.807, 2.05) is 36.0 Å². The molecule has 5 nitrogen and oxygen atoms in total. The summed E-state index contributed by atoms with van der Waals surface area (Å²) >= 11 is 0. The van der Waals surface area contributed by atoms with Crippen molar-refractivity contribution in [2.75, 3.05) is 5.73 Å². The molecule has 0 aliphatic carbocycles. The summed E-state index contributed by atoms with van der Waals surface area (Å²) in [4.78, 5) is 15.4. The molecule has 1 aromatic carbocycles. The van der Waals surface area contributed by atoms with Crippen molar-refractivity contribution in [3.05, 3.63) is 30.0 Å². The fourth-order valence-electron chi connectivity index (χ4n) is 1.88. The Hall–Kier alpha value is -2.30. The molecule has 0 unspecified atom stereocenters. The van der Waals surface area contributed by atoms with E-state index in [-0.39, 0.29) is 0 Å². The standard InChI is InChI=1S/C13H15N3O2/c1-8(15-18-9(2)17)12-7-16(3)13-5-4-10(14)6-11(12)13/h4-7H,14H2,1-3H3/b15-8+. The van der Waals surface area contributed by atoms with Crippen LogP contribution in [0.3, 0.4) is 0 Å². The average Bonchev–Trinajstić information content (AvgIpc) is 2.63. The number of nitrogens with two attached hydrogens (primary N) is 1. The van der Waals surface area contributed by atoms with Gasteiger partial charge in [0.15, 0.2) is 0 Å². The Kier molecular flexibility index (Phi) is 3.06. The van der Waals surface area contributed by atoms with Crippen LogP contribution in [0.2, 0.25) is 0 Å². The van der Waals surface area contributed by atoms with Gasteiger partial charge in [-0.25, -0.2) is 4.79 Å². The molecule has 0 amide bonds. The second kappa shape index (κ2) is 4.52. The highest BCUT2D eigenvalue weighted by atomic mass is 16.7. The highest BCUT2D eigenvalue weighted by Gasteiger charge is 2.10. The second-order valence-electron chi connectivity index (χ2n) is 4.19. The number of aromatic nitrogens is 1. The molecule has 2 N–H and O–H groups in total. The number of oxime groups is 1. The topological polar surface area (TPSA) is 69.6 Å². The Labute approximate surface area is 105 Å². The molecule has 0 aliphatic heterocycles. The number of nitrogens with zero attached hydrogens (tertiary/aromatic N) is 2. The molecule has 2 aromatic rings. The summed E-state index contributed by atoms with van der Waals surface area (Å²) in [5.41, 5.74) is 9.08. The number of nitrogen functional groups attached to an aromatic ring is 1. The van der Waals surface area contributed by atoms with Crippen molar-refractivity contribution in [1.29, 1.82) is 0 Å². The first-order valence-electron chi connectivity index (χ1n) is 5.56. The molecule has 0 radical (unpaired) electrons. The van der Waals surface area contributed by atoms with Crippen LogP contribution in [0.25, 0.3) is 10.9 Å². The third-order valence-electron chi connectivity index (χ3n) is 2.71. The predicted molar refractivity (Wildman–Crippen MR) is 71.3 cm³/mol. The number of carbonyl (C=O) groups excluding carboxylic acids is 1. The van der Waals surface area contributed by atoms with Crippen molar-refractivity contribution in [3.8, 4) is 0 Å². The summed E-state index contributed by atoms with van der Waals surface area (Å²) in [6, 6.07) is 5.69. The fraction of sp³-hybridized carbons (Fsp3) is 0.231. The van der Waals surface area contributed by atoms with E-state index in [0.29, 0.717) is 11.4 Å². The summed E-state index contributed by atoms with van der Waals surface area (Å²) in [6.45, 7) is 3.11. The first kappa shape index (κ1) is 12.2. The maximum Gasteiger partial charge on any atom is 0.331 e. The first-order chi connectivity index (χ1) is 8.49. The molecule has 18 heavy (non-hydrogen) atoms. The second-order valence-corrected chi connectivity index (χ2v) is 4.19. The van der Waals surface area contributed by atoms with Gasteiger partial charge in [-0.05, 0) is 25.1 Å². The molecule has 0 saturated heterocycles. The Bertz CT molecular complexity index is 641. The maximum absolute atomic E-state index is 10.7. The van der Waals surface area contributed by atoms with Crippen LogP contribution in [0.1, 0.15) is 19.4 Å². The van der Waals surface area contributed by atoms with E-state index in [1.54, 1.807) is 6.92 Å². The molecule has 0 saturated carbocycles. The van der Waals surface area contributed by atoms with Gasteiger partial charge in [0.05, 0.1) is 5.71 Å². The molecule has 2 rings (SSSR count). The first-order valence-corrected chi connectivity index (χ1v) is 5.56. The van der Waals surface area contributed by atoms with Crippen molar-refractivity contribution in [1.82, 2.24) is 4.57 Å². The molecule has 0 fully saturated rings. The largest absolute Gasteiger partial charge is 0.399 e. The minimum atomic E-state index is -0.436. The summed E-state index contributed by atoms with van der Waals surface area (Å²) in [7, 11) is 1.95. The molecule has 1 heterocycles. The third kappa shape index (κ3) is 2.20. The van der Waals surface area contributed by atoms with Gasteiger partial charge in [-0.2, -0.15) is 0 Å². The van der Waals surface area contributed by atoms with Crippen molar-refractivity contribution in [2.45, 2.75) is 13.8 Å². The number of carbonyl (C=O) groups is 1. The third-order valence-corrected chi connectivity index (χ3v) is 2.71. The molecular weight excluding hydrogens is 230 g/mol. The van der Waals surface area contributed by atoms with Crippen molar-refractivity contribution in [3.63, 3.8) is 0 Å². The zero-order valence-electron chi connectivity index (χ0n) is 10.6. The van der Waals surface area contributed by atoms with Crippen molar-refractivity contribution in [2.24, 2.45) is 12.2 Å². The number of hydrogen-bond donors (Lipinski definition) is 1. The van der Waals surface area contributed by atoms with Gasteiger partial charge in [-0.1, -0.05) is 5.16 Å². The smallest absolute Gasteiger partial charge is 0.331 e. The lowest BCUT2D eigenvalue weighted by atomic mass is 10.1. The van der Waals surface area contributed by atoms with E-state index >= 15 is 0 Å². The van der Waals surface area contributed by atoms with Crippen LogP contribution in [0.5, 0.6) is 0 Å². The fourth-order valence-corrected chi connectivity index (χ4v) is 1.88. The molecule has 0 atom stereocenters. The monoisotopic (exact) mass is 245 g/mol. The molecular formula is C13H15N3O2. The molecule has 0 spiro atoms. The van der Waals surface area contributed by atoms with Crippen LogP contribution in [0, 0.1) is 0 Å².